The lowest BCUT2D eigenvalue weighted by Crippen LogP contribution is -2.14. The molecule has 2 nitrogen and oxygen atoms in total. The molecule has 0 amide bonds. The predicted octanol–water partition coefficient (Wildman–Crippen LogP) is 15.9. The smallest absolute Gasteiger partial charge is 0.0549 e. The molecule has 9 rings (SSSR count). The molecule has 0 atom stereocenters. The van der Waals surface area contributed by atoms with Crippen molar-refractivity contribution in [2.24, 2.45) is 0 Å². The summed E-state index contributed by atoms with van der Waals surface area (Å²) >= 11 is 0. The fourth-order valence-electron chi connectivity index (χ4n) is 8.83. The third-order valence-electron chi connectivity index (χ3n) is 11.7. The van der Waals surface area contributed by atoms with E-state index in [9.17, 15) is 0 Å². The molecule has 0 heterocycles. The second-order valence-electron chi connectivity index (χ2n) is 17.6. The van der Waals surface area contributed by atoms with Gasteiger partial charge < -0.3 is 9.80 Å². The van der Waals surface area contributed by atoms with Gasteiger partial charge in [0, 0.05) is 44.3 Å². The normalized spacial score (nSPS) is 12.3. The minimum Gasteiger partial charge on any atom is -0.310 e. The van der Waals surface area contributed by atoms with Gasteiger partial charge >= 0.3 is 0 Å². The zero-order valence-electron chi connectivity index (χ0n) is 33.9. The Morgan fingerprint density at radius 2 is 0.714 bits per heavy atom. The molecule has 0 fully saturated rings. The van der Waals surface area contributed by atoms with Crippen LogP contribution in [0.1, 0.15) is 63.8 Å². The van der Waals surface area contributed by atoms with Crippen LogP contribution < -0.4 is 9.80 Å². The van der Waals surface area contributed by atoms with Gasteiger partial charge in [-0.3, -0.25) is 0 Å². The second kappa shape index (κ2) is 13.3. The van der Waals surface area contributed by atoms with Crippen LogP contribution in [0.25, 0.3) is 43.1 Å². The number of para-hydroxylation sites is 2. The molecule has 276 valence electrons. The van der Waals surface area contributed by atoms with Crippen LogP contribution in [0.5, 0.6) is 0 Å². The number of hydrogen-bond acceptors (Lipinski definition) is 2. The van der Waals surface area contributed by atoms with E-state index in [2.05, 4.69) is 223 Å². The van der Waals surface area contributed by atoms with Crippen molar-refractivity contribution in [2.75, 3.05) is 9.80 Å². The highest BCUT2D eigenvalue weighted by Crippen LogP contribution is 2.52. The van der Waals surface area contributed by atoms with E-state index in [0.29, 0.717) is 0 Å². The van der Waals surface area contributed by atoms with Crippen molar-refractivity contribution in [3.8, 4) is 0 Å². The molecule has 0 unspecified atom stereocenters. The van der Waals surface area contributed by atoms with Gasteiger partial charge in [0.1, 0.15) is 0 Å². The minimum absolute atomic E-state index is 0.0632. The van der Waals surface area contributed by atoms with Crippen LogP contribution in [0.3, 0.4) is 0 Å². The summed E-state index contributed by atoms with van der Waals surface area (Å²) in [5, 5.41) is 10.3. The number of hydrogen-bond donors (Lipinski definition) is 0. The highest BCUT2D eigenvalue weighted by Gasteiger charge is 2.26. The summed E-state index contributed by atoms with van der Waals surface area (Å²) in [5.74, 6) is 0. The van der Waals surface area contributed by atoms with Crippen molar-refractivity contribution in [2.45, 2.75) is 66.2 Å². The molecule has 56 heavy (non-hydrogen) atoms. The zero-order chi connectivity index (χ0) is 38.9. The van der Waals surface area contributed by atoms with Gasteiger partial charge in [0.15, 0.2) is 0 Å². The fourth-order valence-corrected chi connectivity index (χ4v) is 8.83. The fraction of sp³-hybridized carbons (Fsp3) is 0.185. The van der Waals surface area contributed by atoms with E-state index >= 15 is 0 Å². The first-order valence-electron chi connectivity index (χ1n) is 19.9. The van der Waals surface area contributed by atoms with E-state index in [0.717, 1.165) is 22.7 Å². The van der Waals surface area contributed by atoms with Gasteiger partial charge in [-0.05, 0) is 129 Å². The topological polar surface area (TPSA) is 6.48 Å². The molecule has 0 saturated heterocycles. The summed E-state index contributed by atoms with van der Waals surface area (Å²) in [5.41, 5.74) is 12.3. The van der Waals surface area contributed by atoms with E-state index in [1.807, 2.05) is 0 Å². The number of anilines is 6. The SMILES string of the molecule is Cc1cc(N(c2ccccc2)c2ccc(C(C)(C)C)cc2)c2c3ccccc3c3c(C)cc(N(c4ccccc4)c4ccc(C(C)(C)C)cc4)c4ccc1c2c43. The van der Waals surface area contributed by atoms with Crippen molar-refractivity contribution in [1.82, 2.24) is 0 Å². The third kappa shape index (κ3) is 5.87. The Kier molecular flexibility index (Phi) is 8.43. The summed E-state index contributed by atoms with van der Waals surface area (Å²) in [4.78, 5) is 4.92. The lowest BCUT2D eigenvalue weighted by Gasteiger charge is -2.31. The van der Waals surface area contributed by atoms with Crippen LogP contribution in [-0.2, 0) is 10.8 Å². The molecule has 0 spiro atoms. The lowest BCUT2D eigenvalue weighted by molar-refractivity contribution is 0.590. The maximum Gasteiger partial charge on any atom is 0.0549 e. The van der Waals surface area contributed by atoms with Crippen molar-refractivity contribution in [1.29, 1.82) is 0 Å². The van der Waals surface area contributed by atoms with Crippen LogP contribution in [0, 0.1) is 13.8 Å². The third-order valence-corrected chi connectivity index (χ3v) is 11.7. The molecule has 0 aliphatic carbocycles. The maximum absolute atomic E-state index is 2.47. The number of rotatable bonds is 6. The Morgan fingerprint density at radius 1 is 0.321 bits per heavy atom. The molecule has 0 radical (unpaired) electrons. The Balaban J connectivity index is 1.40. The summed E-state index contributed by atoms with van der Waals surface area (Å²) in [6, 6.07) is 58.7. The van der Waals surface area contributed by atoms with Gasteiger partial charge in [-0.25, -0.2) is 0 Å². The van der Waals surface area contributed by atoms with Gasteiger partial charge in [0.2, 0.25) is 0 Å². The van der Waals surface area contributed by atoms with Crippen molar-refractivity contribution in [3.05, 3.63) is 180 Å². The quantitative estimate of drug-likeness (QED) is 0.124. The average molecular weight is 727 g/mol. The molecule has 0 saturated carbocycles. The second-order valence-corrected chi connectivity index (χ2v) is 17.6. The van der Waals surface area contributed by atoms with E-state index < -0.39 is 0 Å². The Morgan fingerprint density at radius 3 is 1.21 bits per heavy atom. The molecular weight excluding hydrogens is 677 g/mol. The molecule has 9 aromatic rings. The summed E-state index contributed by atoms with van der Waals surface area (Å²) < 4.78 is 0. The summed E-state index contributed by atoms with van der Waals surface area (Å²) in [6.07, 6.45) is 0. The highest BCUT2D eigenvalue weighted by molar-refractivity contribution is 6.38. The molecule has 2 heteroatoms. The number of fused-ring (bicyclic) bond motifs is 3. The first-order valence-corrected chi connectivity index (χ1v) is 19.9. The van der Waals surface area contributed by atoms with Crippen LogP contribution in [0.15, 0.2) is 158 Å². The first kappa shape index (κ1) is 35.6. The standard InChI is InChI=1S/C54H50N2/c1-35-33-48(56(40-19-13-10-14-20-40)42-29-25-38(26-30-42)54(6,7)8)50-45-22-16-15-21-44(45)49-36(2)34-47(46-32-31-43(35)51(50)52(46)49)55(39-17-11-9-12-18-39)41-27-23-37(24-28-41)53(3,4)5/h9-34H,1-8H3. The summed E-state index contributed by atoms with van der Waals surface area (Å²) in [6.45, 7) is 18.3. The average Bonchev–Trinajstić information content (AvgIpc) is 3.19. The largest absolute Gasteiger partial charge is 0.310 e. The molecule has 9 aromatic carbocycles. The van der Waals surface area contributed by atoms with Gasteiger partial charge in [0.05, 0.1) is 11.4 Å². The van der Waals surface area contributed by atoms with E-state index in [1.165, 1.54) is 76.7 Å². The Labute approximate surface area is 332 Å². The molecule has 0 N–H and O–H groups in total. The van der Waals surface area contributed by atoms with E-state index in [-0.39, 0.29) is 10.8 Å². The lowest BCUT2D eigenvalue weighted by atomic mass is 9.84. The number of aryl methyl sites for hydroxylation is 2. The van der Waals surface area contributed by atoms with Gasteiger partial charge in [-0.15, -0.1) is 0 Å². The van der Waals surface area contributed by atoms with Crippen LogP contribution in [0.4, 0.5) is 34.1 Å². The van der Waals surface area contributed by atoms with Crippen molar-refractivity contribution < 1.29 is 0 Å². The summed E-state index contributed by atoms with van der Waals surface area (Å²) in [7, 11) is 0. The molecular formula is C54H50N2. The van der Waals surface area contributed by atoms with Crippen LogP contribution >= 0.6 is 0 Å². The monoisotopic (exact) mass is 726 g/mol. The van der Waals surface area contributed by atoms with Crippen molar-refractivity contribution in [3.63, 3.8) is 0 Å². The van der Waals surface area contributed by atoms with Gasteiger partial charge in [0.25, 0.3) is 0 Å². The Bertz CT molecular complexity index is 2860. The maximum atomic E-state index is 2.47. The minimum atomic E-state index is 0.0632. The van der Waals surface area contributed by atoms with E-state index in [4.69, 9.17) is 0 Å². The first-order chi connectivity index (χ1) is 26.9. The number of benzene rings is 9. The van der Waals surface area contributed by atoms with Gasteiger partial charge in [-0.2, -0.15) is 0 Å². The van der Waals surface area contributed by atoms with Crippen molar-refractivity contribution >= 4 is 77.2 Å². The molecule has 0 aromatic heterocycles. The van der Waals surface area contributed by atoms with E-state index in [1.54, 1.807) is 0 Å². The molecule has 0 aliphatic rings. The van der Waals surface area contributed by atoms with Gasteiger partial charge in [-0.1, -0.05) is 139 Å². The molecule has 0 aliphatic heterocycles. The van der Waals surface area contributed by atoms with Crippen LogP contribution in [0.2, 0.25) is 0 Å². The number of nitrogens with zero attached hydrogens (tertiary/aromatic N) is 2. The molecule has 0 bridgehead atoms. The predicted molar refractivity (Wildman–Crippen MR) is 244 cm³/mol. The highest BCUT2D eigenvalue weighted by atomic mass is 15.1. The zero-order valence-corrected chi connectivity index (χ0v) is 33.9. The van der Waals surface area contributed by atoms with Crippen LogP contribution in [-0.4, -0.2) is 0 Å². The Hall–Kier alpha value is -6.12.